The number of nitrogens with one attached hydrogen (secondary N) is 1. The minimum atomic E-state index is -1.13. The number of fused-ring (bicyclic) bond motifs is 3. The second-order valence-electron chi connectivity index (χ2n) is 9.90. The van der Waals surface area contributed by atoms with Crippen molar-refractivity contribution in [3.8, 4) is 11.1 Å². The van der Waals surface area contributed by atoms with E-state index in [1.54, 1.807) is 4.90 Å². The van der Waals surface area contributed by atoms with Gasteiger partial charge in [-0.3, -0.25) is 4.79 Å². The summed E-state index contributed by atoms with van der Waals surface area (Å²) in [4.78, 5) is 39.8. The molecule has 2 fully saturated rings. The van der Waals surface area contributed by atoms with Crippen LogP contribution in [0.3, 0.4) is 0 Å². The van der Waals surface area contributed by atoms with Crippen molar-refractivity contribution in [2.24, 2.45) is 5.92 Å². The molecule has 0 bridgehead atoms. The summed E-state index contributed by atoms with van der Waals surface area (Å²) in [6.45, 7) is 2.49. The predicted molar refractivity (Wildman–Crippen MR) is 131 cm³/mol. The van der Waals surface area contributed by atoms with E-state index < -0.39 is 23.5 Å². The third-order valence-electron chi connectivity index (χ3n) is 8.22. The van der Waals surface area contributed by atoms with Crippen molar-refractivity contribution in [1.29, 1.82) is 0 Å². The van der Waals surface area contributed by atoms with Crippen molar-refractivity contribution in [2.45, 2.75) is 62.9 Å². The van der Waals surface area contributed by atoms with E-state index in [4.69, 9.17) is 4.74 Å². The molecule has 2 aromatic rings. The highest BCUT2D eigenvalue weighted by Gasteiger charge is 2.51. The number of aliphatic carboxylic acids is 1. The van der Waals surface area contributed by atoms with E-state index in [2.05, 4.69) is 29.6 Å². The third-order valence-corrected chi connectivity index (χ3v) is 8.22. The predicted octanol–water partition coefficient (Wildman–Crippen LogP) is 4.55. The quantitative estimate of drug-likeness (QED) is 0.638. The summed E-state index contributed by atoms with van der Waals surface area (Å²) in [6, 6.07) is 16.0. The molecule has 7 heteroatoms. The molecule has 3 aliphatic rings. The van der Waals surface area contributed by atoms with Gasteiger partial charge in [-0.25, -0.2) is 9.59 Å². The molecule has 35 heavy (non-hydrogen) atoms. The Balaban J connectivity index is 1.24. The van der Waals surface area contributed by atoms with Crippen LogP contribution in [0.2, 0.25) is 0 Å². The number of carboxylic acids is 1. The van der Waals surface area contributed by atoms with Gasteiger partial charge in [-0.1, -0.05) is 61.9 Å². The second kappa shape index (κ2) is 9.36. The first-order chi connectivity index (χ1) is 17.0. The number of hydrogen-bond donors (Lipinski definition) is 2. The monoisotopic (exact) mass is 476 g/mol. The maximum Gasteiger partial charge on any atom is 0.407 e. The van der Waals surface area contributed by atoms with Crippen LogP contribution in [0.1, 0.15) is 62.5 Å². The first kappa shape index (κ1) is 23.4. The van der Waals surface area contributed by atoms with Gasteiger partial charge < -0.3 is 20.1 Å². The Bertz CT molecular complexity index is 1100. The minimum absolute atomic E-state index is 0.0282. The Hall–Kier alpha value is -3.35. The highest BCUT2D eigenvalue weighted by molar-refractivity contribution is 5.89. The van der Waals surface area contributed by atoms with Crippen LogP contribution >= 0.6 is 0 Å². The fourth-order valence-corrected chi connectivity index (χ4v) is 6.36. The topological polar surface area (TPSA) is 95.9 Å². The first-order valence-corrected chi connectivity index (χ1v) is 12.6. The number of carbonyl (C=O) groups excluding carboxylic acids is 2. The largest absolute Gasteiger partial charge is 0.479 e. The molecule has 1 saturated heterocycles. The maximum atomic E-state index is 13.4. The number of ether oxygens (including phenoxy) is 1. The SMILES string of the molecule is CCC1(C(=O)O)CCCN1C(=O)C1CCCC1NC(=O)OCC1c2ccccc2-c2ccccc21. The van der Waals surface area contributed by atoms with Gasteiger partial charge in [0, 0.05) is 18.5 Å². The Morgan fingerprint density at radius 3 is 2.31 bits per heavy atom. The number of nitrogens with zero attached hydrogens (tertiary/aromatic N) is 1. The molecule has 3 unspecified atom stereocenters. The van der Waals surface area contributed by atoms with Crippen LogP contribution in [-0.4, -0.2) is 52.7 Å². The second-order valence-corrected chi connectivity index (χ2v) is 9.90. The van der Waals surface area contributed by atoms with Gasteiger partial charge in [-0.15, -0.1) is 0 Å². The molecule has 1 aliphatic heterocycles. The average Bonchev–Trinajstić information content (AvgIpc) is 3.59. The number of amides is 2. The molecule has 184 valence electrons. The number of alkyl carbamates (subject to hydrolysis) is 1. The van der Waals surface area contributed by atoms with Crippen LogP contribution in [0.15, 0.2) is 48.5 Å². The van der Waals surface area contributed by atoms with Crippen LogP contribution in [0.5, 0.6) is 0 Å². The van der Waals surface area contributed by atoms with Gasteiger partial charge in [-0.05, 0) is 54.4 Å². The third kappa shape index (κ3) is 3.97. The molecule has 2 amide bonds. The first-order valence-electron chi connectivity index (χ1n) is 12.6. The van der Waals surface area contributed by atoms with Gasteiger partial charge >= 0.3 is 12.1 Å². The zero-order valence-electron chi connectivity index (χ0n) is 20.0. The number of carbonyl (C=O) groups is 3. The van der Waals surface area contributed by atoms with Crippen LogP contribution in [0, 0.1) is 5.92 Å². The molecule has 1 saturated carbocycles. The molecule has 2 aliphatic carbocycles. The summed E-state index contributed by atoms with van der Waals surface area (Å²) in [5.74, 6) is -1.54. The zero-order chi connectivity index (χ0) is 24.6. The maximum absolute atomic E-state index is 13.4. The molecule has 5 rings (SSSR count). The van der Waals surface area contributed by atoms with E-state index >= 15 is 0 Å². The lowest BCUT2D eigenvalue weighted by atomic mass is 9.91. The molecule has 0 aromatic heterocycles. The lowest BCUT2D eigenvalue weighted by Gasteiger charge is -2.36. The van der Waals surface area contributed by atoms with Crippen molar-refractivity contribution in [2.75, 3.05) is 13.2 Å². The van der Waals surface area contributed by atoms with Crippen molar-refractivity contribution >= 4 is 18.0 Å². The molecule has 7 nitrogen and oxygen atoms in total. The minimum Gasteiger partial charge on any atom is -0.479 e. The van der Waals surface area contributed by atoms with Crippen molar-refractivity contribution in [3.63, 3.8) is 0 Å². The summed E-state index contributed by atoms with van der Waals surface area (Å²) < 4.78 is 5.69. The zero-order valence-corrected chi connectivity index (χ0v) is 20.0. The fraction of sp³-hybridized carbons (Fsp3) is 0.464. The highest BCUT2D eigenvalue weighted by atomic mass is 16.5. The number of carboxylic acid groups (broad SMARTS) is 1. The van der Waals surface area contributed by atoms with E-state index in [0.29, 0.717) is 38.6 Å². The molecular weight excluding hydrogens is 444 g/mol. The van der Waals surface area contributed by atoms with Gasteiger partial charge in [0.05, 0.1) is 5.92 Å². The fourth-order valence-electron chi connectivity index (χ4n) is 6.36. The molecule has 0 spiro atoms. The van der Waals surface area contributed by atoms with Crippen molar-refractivity contribution < 1.29 is 24.2 Å². The van der Waals surface area contributed by atoms with E-state index in [1.165, 1.54) is 11.1 Å². The average molecular weight is 477 g/mol. The van der Waals surface area contributed by atoms with Gasteiger partial charge in [0.25, 0.3) is 0 Å². The molecule has 1 heterocycles. The van der Waals surface area contributed by atoms with E-state index in [-0.39, 0.29) is 24.5 Å². The number of hydrogen-bond acceptors (Lipinski definition) is 4. The lowest BCUT2D eigenvalue weighted by molar-refractivity contribution is -0.158. The van der Waals surface area contributed by atoms with Gasteiger partial charge in [0.1, 0.15) is 12.1 Å². The normalized spacial score (nSPS) is 25.2. The number of rotatable bonds is 6. The van der Waals surface area contributed by atoms with E-state index in [1.807, 2.05) is 31.2 Å². The lowest BCUT2D eigenvalue weighted by Crippen LogP contribution is -2.56. The summed E-state index contributed by atoms with van der Waals surface area (Å²) >= 11 is 0. The molecule has 3 atom stereocenters. The molecular formula is C28H32N2O5. The van der Waals surface area contributed by atoms with Crippen molar-refractivity contribution in [1.82, 2.24) is 10.2 Å². The highest BCUT2D eigenvalue weighted by Crippen LogP contribution is 2.44. The Kier molecular flexibility index (Phi) is 6.26. The molecule has 0 radical (unpaired) electrons. The van der Waals surface area contributed by atoms with E-state index in [9.17, 15) is 19.5 Å². The molecule has 2 N–H and O–H groups in total. The van der Waals surface area contributed by atoms with Crippen LogP contribution in [-0.2, 0) is 14.3 Å². The summed E-state index contributed by atoms with van der Waals surface area (Å²) in [5, 5.41) is 12.8. The summed E-state index contributed by atoms with van der Waals surface area (Å²) in [5.41, 5.74) is 3.50. The summed E-state index contributed by atoms with van der Waals surface area (Å²) in [7, 11) is 0. The van der Waals surface area contributed by atoms with Gasteiger partial charge in [-0.2, -0.15) is 0 Å². The standard InChI is InChI=1S/C28H32N2O5/c1-2-28(26(32)33)15-8-16-30(28)25(31)22-13-7-14-24(22)29-27(34)35-17-23-20-11-5-3-9-18(20)19-10-4-6-12-21(19)23/h3-6,9-12,22-24H,2,7-8,13-17H2,1H3,(H,29,34)(H,32,33). The van der Waals surface area contributed by atoms with Gasteiger partial charge in [0.2, 0.25) is 5.91 Å². The Morgan fingerprint density at radius 1 is 1.03 bits per heavy atom. The smallest absolute Gasteiger partial charge is 0.407 e. The van der Waals surface area contributed by atoms with Crippen LogP contribution in [0.25, 0.3) is 11.1 Å². The van der Waals surface area contributed by atoms with Gasteiger partial charge in [0.15, 0.2) is 0 Å². The number of benzene rings is 2. The van der Waals surface area contributed by atoms with Crippen LogP contribution in [0.4, 0.5) is 4.79 Å². The van der Waals surface area contributed by atoms with Crippen LogP contribution < -0.4 is 5.32 Å². The van der Waals surface area contributed by atoms with E-state index in [0.717, 1.165) is 17.5 Å². The van der Waals surface area contributed by atoms with Crippen molar-refractivity contribution in [3.05, 3.63) is 59.7 Å². The summed E-state index contributed by atoms with van der Waals surface area (Å²) in [6.07, 6.45) is 3.14. The number of likely N-dealkylation sites (tertiary alicyclic amines) is 1. The Morgan fingerprint density at radius 2 is 1.69 bits per heavy atom. The molecule has 2 aromatic carbocycles. The Labute approximate surface area is 205 Å².